The average molecular weight is 359 g/mol. The topological polar surface area (TPSA) is 90.1 Å². The number of ether oxygens (including phenoxy) is 1. The highest BCUT2D eigenvalue weighted by Gasteiger charge is 2.17. The van der Waals surface area contributed by atoms with E-state index >= 15 is 0 Å². The maximum Gasteiger partial charge on any atom is 0.267 e. The van der Waals surface area contributed by atoms with E-state index in [4.69, 9.17) is 20.9 Å². The highest BCUT2D eigenvalue weighted by atomic mass is 35.5. The summed E-state index contributed by atoms with van der Waals surface area (Å²) < 4.78 is 11.0. The number of hydrogen-bond acceptors (Lipinski definition) is 6. The fraction of sp³-hybridized carbons (Fsp3) is 0.176. The Kier molecular flexibility index (Phi) is 4.95. The van der Waals surface area contributed by atoms with Gasteiger partial charge in [-0.2, -0.15) is 4.98 Å². The molecule has 7 nitrogen and oxygen atoms in total. The summed E-state index contributed by atoms with van der Waals surface area (Å²) in [6.45, 7) is 1.79. The molecule has 2 heterocycles. The largest absolute Gasteiger partial charge is 0.479 e. The van der Waals surface area contributed by atoms with E-state index in [0.29, 0.717) is 28.2 Å². The second-order valence-electron chi connectivity index (χ2n) is 5.19. The Hall–Kier alpha value is -2.93. The maximum absolute atomic E-state index is 11.6. The molecule has 0 saturated heterocycles. The van der Waals surface area contributed by atoms with Gasteiger partial charge in [0.25, 0.3) is 11.8 Å². The monoisotopic (exact) mass is 358 g/mol. The Labute approximate surface area is 149 Å². The van der Waals surface area contributed by atoms with Gasteiger partial charge in [0.2, 0.25) is 5.82 Å². The van der Waals surface area contributed by atoms with E-state index in [2.05, 4.69) is 20.4 Å². The summed E-state index contributed by atoms with van der Waals surface area (Å²) in [7, 11) is 1.58. The lowest BCUT2D eigenvalue weighted by atomic mass is 10.1. The van der Waals surface area contributed by atoms with Crippen LogP contribution in [0.3, 0.4) is 0 Å². The molecule has 0 unspecified atom stereocenters. The van der Waals surface area contributed by atoms with Crippen LogP contribution in [0.4, 0.5) is 0 Å². The fourth-order valence-corrected chi connectivity index (χ4v) is 2.23. The van der Waals surface area contributed by atoms with Crippen molar-refractivity contribution in [2.45, 2.75) is 13.0 Å². The van der Waals surface area contributed by atoms with Gasteiger partial charge in [-0.05, 0) is 31.2 Å². The van der Waals surface area contributed by atoms with Crippen molar-refractivity contribution in [3.05, 3.63) is 59.2 Å². The fourth-order valence-electron chi connectivity index (χ4n) is 2.12. The molecule has 0 aliphatic carbocycles. The highest BCUT2D eigenvalue weighted by molar-refractivity contribution is 6.29. The molecule has 128 valence electrons. The van der Waals surface area contributed by atoms with Gasteiger partial charge in [-0.25, -0.2) is 4.98 Å². The van der Waals surface area contributed by atoms with Crippen LogP contribution >= 0.6 is 11.6 Å². The zero-order chi connectivity index (χ0) is 17.8. The average Bonchev–Trinajstić information content (AvgIpc) is 3.13. The van der Waals surface area contributed by atoms with Crippen molar-refractivity contribution in [3.8, 4) is 17.1 Å². The molecule has 25 heavy (non-hydrogen) atoms. The van der Waals surface area contributed by atoms with Gasteiger partial charge in [0.15, 0.2) is 6.10 Å². The second-order valence-corrected chi connectivity index (χ2v) is 5.58. The van der Waals surface area contributed by atoms with Gasteiger partial charge in [-0.15, -0.1) is 0 Å². The van der Waals surface area contributed by atoms with Crippen molar-refractivity contribution in [3.63, 3.8) is 0 Å². The van der Waals surface area contributed by atoms with Crippen molar-refractivity contribution in [2.75, 3.05) is 7.05 Å². The summed E-state index contributed by atoms with van der Waals surface area (Å²) in [5.74, 6) is 1.15. The predicted octanol–water partition coefficient (Wildman–Crippen LogP) is 3.28. The number of rotatable bonds is 5. The zero-order valence-corrected chi connectivity index (χ0v) is 14.3. The number of nitrogens with zero attached hydrogens (tertiary/aromatic N) is 3. The third-order valence-electron chi connectivity index (χ3n) is 3.43. The number of nitrogens with one attached hydrogen (secondary N) is 1. The molecule has 0 aliphatic rings. The summed E-state index contributed by atoms with van der Waals surface area (Å²) in [4.78, 5) is 19.8. The molecule has 0 radical (unpaired) electrons. The minimum atomic E-state index is -0.450. The van der Waals surface area contributed by atoms with Gasteiger partial charge in [0, 0.05) is 18.2 Å². The number of benzene rings is 1. The van der Waals surface area contributed by atoms with Gasteiger partial charge >= 0.3 is 0 Å². The summed E-state index contributed by atoms with van der Waals surface area (Å²) in [5.41, 5.74) is 1.30. The summed E-state index contributed by atoms with van der Waals surface area (Å²) in [6.07, 6.45) is 1.07. The number of pyridine rings is 1. The van der Waals surface area contributed by atoms with Crippen molar-refractivity contribution in [1.29, 1.82) is 0 Å². The molecule has 3 aromatic rings. The molecule has 0 aliphatic heterocycles. The smallest absolute Gasteiger partial charge is 0.267 e. The summed E-state index contributed by atoms with van der Waals surface area (Å²) in [5, 5.41) is 6.91. The molecule has 0 bridgehead atoms. The SMILES string of the molecule is CNC(=O)c1ccc(-c2noc([C@H](C)Oc3ccc(Cl)nc3)n2)cc1. The van der Waals surface area contributed by atoms with Crippen LogP contribution in [0.1, 0.15) is 29.3 Å². The lowest BCUT2D eigenvalue weighted by molar-refractivity contribution is 0.0963. The van der Waals surface area contributed by atoms with Crippen LogP contribution in [0.25, 0.3) is 11.4 Å². The molecule has 0 spiro atoms. The predicted molar refractivity (Wildman–Crippen MR) is 91.4 cm³/mol. The molecule has 1 N–H and O–H groups in total. The second kappa shape index (κ2) is 7.31. The molecule has 2 aromatic heterocycles. The minimum Gasteiger partial charge on any atom is -0.479 e. The molecule has 0 fully saturated rings. The molecular formula is C17H15ClN4O3. The number of carbonyl (C=O) groups is 1. The van der Waals surface area contributed by atoms with E-state index in [1.54, 1.807) is 50.4 Å². The molecule has 1 aromatic carbocycles. The first-order valence-corrected chi connectivity index (χ1v) is 7.89. The Balaban J connectivity index is 1.73. The first kappa shape index (κ1) is 16.9. The molecule has 1 amide bonds. The summed E-state index contributed by atoms with van der Waals surface area (Å²) in [6, 6.07) is 10.3. The number of hydrogen-bond donors (Lipinski definition) is 1. The molecular weight excluding hydrogens is 344 g/mol. The maximum atomic E-state index is 11.6. The third-order valence-corrected chi connectivity index (χ3v) is 3.66. The van der Waals surface area contributed by atoms with Crippen LogP contribution in [-0.4, -0.2) is 28.1 Å². The first-order chi connectivity index (χ1) is 12.1. The Morgan fingerprint density at radius 3 is 2.64 bits per heavy atom. The van der Waals surface area contributed by atoms with Crippen molar-refractivity contribution < 1.29 is 14.1 Å². The van der Waals surface area contributed by atoms with Crippen LogP contribution in [-0.2, 0) is 0 Å². The lowest BCUT2D eigenvalue weighted by Gasteiger charge is -2.09. The van der Waals surface area contributed by atoms with E-state index in [-0.39, 0.29) is 5.91 Å². The van der Waals surface area contributed by atoms with Crippen LogP contribution in [0, 0.1) is 0 Å². The van der Waals surface area contributed by atoms with Crippen LogP contribution in [0.2, 0.25) is 5.15 Å². The third kappa shape index (κ3) is 3.95. The van der Waals surface area contributed by atoms with E-state index in [9.17, 15) is 4.79 Å². The molecule has 3 rings (SSSR count). The quantitative estimate of drug-likeness (QED) is 0.704. The minimum absolute atomic E-state index is 0.154. The van der Waals surface area contributed by atoms with Gasteiger partial charge < -0.3 is 14.6 Å². The number of amides is 1. The van der Waals surface area contributed by atoms with Crippen LogP contribution in [0.15, 0.2) is 47.1 Å². The number of carbonyl (C=O) groups excluding carboxylic acids is 1. The Morgan fingerprint density at radius 2 is 2.00 bits per heavy atom. The van der Waals surface area contributed by atoms with Gasteiger partial charge in [-0.1, -0.05) is 28.9 Å². The van der Waals surface area contributed by atoms with Crippen LogP contribution < -0.4 is 10.1 Å². The van der Waals surface area contributed by atoms with E-state index < -0.39 is 6.10 Å². The number of aromatic nitrogens is 3. The first-order valence-electron chi connectivity index (χ1n) is 7.51. The van der Waals surface area contributed by atoms with Crippen LogP contribution in [0.5, 0.6) is 5.75 Å². The van der Waals surface area contributed by atoms with Gasteiger partial charge in [-0.3, -0.25) is 4.79 Å². The molecule has 0 saturated carbocycles. The Bertz CT molecular complexity index is 862. The van der Waals surface area contributed by atoms with E-state index in [0.717, 1.165) is 5.56 Å². The van der Waals surface area contributed by atoms with Gasteiger partial charge in [0.05, 0.1) is 6.20 Å². The standard InChI is InChI=1S/C17H15ClN4O3/c1-10(24-13-7-8-14(18)20-9-13)17-21-15(22-25-17)11-3-5-12(6-4-11)16(23)19-2/h3-10H,1-2H3,(H,19,23)/t10-/m0/s1. The van der Waals surface area contributed by atoms with Crippen molar-refractivity contribution in [2.24, 2.45) is 0 Å². The van der Waals surface area contributed by atoms with E-state index in [1.807, 2.05) is 0 Å². The van der Waals surface area contributed by atoms with Gasteiger partial charge in [0.1, 0.15) is 10.9 Å². The van der Waals surface area contributed by atoms with E-state index in [1.165, 1.54) is 6.20 Å². The van der Waals surface area contributed by atoms with Crippen molar-refractivity contribution >= 4 is 17.5 Å². The lowest BCUT2D eigenvalue weighted by Crippen LogP contribution is -2.17. The normalized spacial score (nSPS) is 11.8. The Morgan fingerprint density at radius 1 is 1.24 bits per heavy atom. The summed E-state index contributed by atoms with van der Waals surface area (Å²) >= 11 is 5.74. The zero-order valence-electron chi connectivity index (χ0n) is 13.6. The molecule has 1 atom stereocenters. The van der Waals surface area contributed by atoms with Crippen molar-refractivity contribution in [1.82, 2.24) is 20.4 Å². The molecule has 8 heteroatoms. The highest BCUT2D eigenvalue weighted by Crippen LogP contribution is 2.23. The number of halogens is 1.